The van der Waals surface area contributed by atoms with Crippen LogP contribution < -0.4 is 10.1 Å². The van der Waals surface area contributed by atoms with Crippen LogP contribution >= 0.6 is 11.6 Å². The number of methoxy groups -OCH3 is 1. The van der Waals surface area contributed by atoms with Crippen molar-refractivity contribution in [3.8, 4) is 5.75 Å². The van der Waals surface area contributed by atoms with Gasteiger partial charge in [-0.2, -0.15) is 0 Å². The molecule has 1 N–H and O–H groups in total. The van der Waals surface area contributed by atoms with Crippen molar-refractivity contribution >= 4 is 17.3 Å². The first-order chi connectivity index (χ1) is 9.11. The van der Waals surface area contributed by atoms with E-state index in [0.29, 0.717) is 5.02 Å². The molecule has 1 unspecified atom stereocenters. The van der Waals surface area contributed by atoms with E-state index in [1.165, 1.54) is 13.2 Å². The number of hydrogen-bond donors (Lipinski definition) is 1. The molecule has 5 heteroatoms. The Hall–Kier alpha value is -1.81. The first-order valence-corrected chi connectivity index (χ1v) is 6.19. The van der Waals surface area contributed by atoms with Crippen LogP contribution in [0.1, 0.15) is 18.5 Å². The van der Waals surface area contributed by atoms with Gasteiger partial charge in [0.2, 0.25) is 0 Å². The Balaban J connectivity index is 2.20. The molecule has 1 aromatic heterocycles. The number of pyridine rings is 1. The van der Waals surface area contributed by atoms with Crippen LogP contribution in [-0.2, 0) is 0 Å². The molecule has 100 valence electrons. The van der Waals surface area contributed by atoms with Crippen molar-refractivity contribution in [2.45, 2.75) is 13.0 Å². The highest BCUT2D eigenvalue weighted by molar-refractivity contribution is 6.33. The SMILES string of the molecule is COc1cc(C(C)Nc2cnccc2Cl)ccc1F. The molecule has 1 atom stereocenters. The standard InChI is InChI=1S/C14H14ClFN2O/c1-9(18-13-8-17-6-5-11(13)15)10-3-4-12(16)14(7-10)19-2/h3-9,18H,1-2H3. The number of rotatable bonds is 4. The van der Waals surface area contributed by atoms with Crippen LogP contribution in [-0.4, -0.2) is 12.1 Å². The number of halogens is 2. The monoisotopic (exact) mass is 280 g/mol. The molecule has 0 saturated heterocycles. The van der Waals surface area contributed by atoms with Gasteiger partial charge in [-0.1, -0.05) is 17.7 Å². The maximum atomic E-state index is 13.3. The lowest BCUT2D eigenvalue weighted by molar-refractivity contribution is 0.385. The fraction of sp³-hybridized carbons (Fsp3) is 0.214. The highest BCUT2D eigenvalue weighted by Gasteiger charge is 2.11. The molecule has 2 rings (SSSR count). The van der Waals surface area contributed by atoms with Gasteiger partial charge in [-0.3, -0.25) is 4.98 Å². The van der Waals surface area contributed by atoms with E-state index in [2.05, 4.69) is 10.3 Å². The van der Waals surface area contributed by atoms with Gasteiger partial charge in [0.1, 0.15) is 0 Å². The molecule has 0 aliphatic rings. The second kappa shape index (κ2) is 5.89. The van der Waals surface area contributed by atoms with Gasteiger partial charge in [0, 0.05) is 12.2 Å². The molecule has 3 nitrogen and oxygen atoms in total. The summed E-state index contributed by atoms with van der Waals surface area (Å²) < 4.78 is 18.3. The van der Waals surface area contributed by atoms with Crippen LogP contribution in [0.4, 0.5) is 10.1 Å². The molecule has 0 aliphatic heterocycles. The molecule has 0 bridgehead atoms. The normalized spacial score (nSPS) is 12.0. The van der Waals surface area contributed by atoms with E-state index in [1.807, 2.05) is 6.92 Å². The minimum atomic E-state index is -0.377. The lowest BCUT2D eigenvalue weighted by Gasteiger charge is -2.17. The molecule has 0 spiro atoms. The summed E-state index contributed by atoms with van der Waals surface area (Å²) in [5, 5.41) is 3.82. The Morgan fingerprint density at radius 2 is 2.16 bits per heavy atom. The van der Waals surface area contributed by atoms with Crippen molar-refractivity contribution in [2.75, 3.05) is 12.4 Å². The molecule has 0 saturated carbocycles. The summed E-state index contributed by atoms with van der Waals surface area (Å²) in [6.07, 6.45) is 3.28. The van der Waals surface area contributed by atoms with E-state index in [-0.39, 0.29) is 17.6 Å². The lowest BCUT2D eigenvalue weighted by atomic mass is 10.1. The summed E-state index contributed by atoms with van der Waals surface area (Å²) in [6, 6.07) is 6.42. The van der Waals surface area contributed by atoms with E-state index in [1.54, 1.807) is 30.6 Å². The van der Waals surface area contributed by atoms with Gasteiger partial charge in [-0.05, 0) is 30.7 Å². The molecule has 0 fully saturated rings. The molecule has 2 aromatic rings. The van der Waals surface area contributed by atoms with Crippen molar-refractivity contribution < 1.29 is 9.13 Å². The third kappa shape index (κ3) is 3.15. The van der Waals surface area contributed by atoms with Gasteiger partial charge in [-0.15, -0.1) is 0 Å². The number of hydrogen-bond acceptors (Lipinski definition) is 3. The summed E-state index contributed by atoms with van der Waals surface area (Å²) in [4.78, 5) is 4.01. The maximum Gasteiger partial charge on any atom is 0.165 e. The smallest absolute Gasteiger partial charge is 0.165 e. The van der Waals surface area contributed by atoms with Crippen LogP contribution in [0.5, 0.6) is 5.75 Å². The molecule has 0 radical (unpaired) electrons. The number of nitrogens with one attached hydrogen (secondary N) is 1. The quantitative estimate of drug-likeness (QED) is 0.917. The van der Waals surface area contributed by atoms with Gasteiger partial charge in [0.05, 0.1) is 24.0 Å². The van der Waals surface area contributed by atoms with Crippen LogP contribution in [0.3, 0.4) is 0 Å². The molecule has 1 aromatic carbocycles. The van der Waals surface area contributed by atoms with Gasteiger partial charge in [0.25, 0.3) is 0 Å². The number of ether oxygens (including phenoxy) is 1. The van der Waals surface area contributed by atoms with Gasteiger partial charge < -0.3 is 10.1 Å². The van der Waals surface area contributed by atoms with Gasteiger partial charge >= 0.3 is 0 Å². The minimum absolute atomic E-state index is 0.0452. The van der Waals surface area contributed by atoms with Crippen molar-refractivity contribution in [1.82, 2.24) is 4.98 Å². The highest BCUT2D eigenvalue weighted by atomic mass is 35.5. The Morgan fingerprint density at radius 3 is 2.84 bits per heavy atom. The predicted molar refractivity (Wildman–Crippen MR) is 74.2 cm³/mol. The summed E-state index contributed by atoms with van der Waals surface area (Å²) in [5.41, 5.74) is 1.64. The summed E-state index contributed by atoms with van der Waals surface area (Å²) >= 11 is 6.05. The van der Waals surface area contributed by atoms with Crippen molar-refractivity contribution in [2.24, 2.45) is 0 Å². The molecule has 19 heavy (non-hydrogen) atoms. The summed E-state index contributed by atoms with van der Waals surface area (Å²) in [7, 11) is 1.44. The average molecular weight is 281 g/mol. The van der Waals surface area contributed by atoms with E-state index in [9.17, 15) is 4.39 Å². The number of anilines is 1. The second-order valence-electron chi connectivity index (χ2n) is 4.12. The van der Waals surface area contributed by atoms with Crippen LogP contribution in [0, 0.1) is 5.82 Å². The third-order valence-electron chi connectivity index (χ3n) is 2.82. The predicted octanol–water partition coefficient (Wildman–Crippen LogP) is 4.06. The molecule has 0 aliphatic carbocycles. The van der Waals surface area contributed by atoms with Gasteiger partial charge in [0.15, 0.2) is 11.6 Å². The molecular weight excluding hydrogens is 267 g/mol. The second-order valence-corrected chi connectivity index (χ2v) is 4.52. The van der Waals surface area contributed by atoms with Crippen LogP contribution in [0.2, 0.25) is 5.02 Å². The van der Waals surface area contributed by atoms with Crippen molar-refractivity contribution in [1.29, 1.82) is 0 Å². The van der Waals surface area contributed by atoms with E-state index < -0.39 is 0 Å². The van der Waals surface area contributed by atoms with Crippen LogP contribution in [0.15, 0.2) is 36.7 Å². The van der Waals surface area contributed by atoms with E-state index >= 15 is 0 Å². The fourth-order valence-electron chi connectivity index (χ4n) is 1.75. The zero-order chi connectivity index (χ0) is 13.8. The zero-order valence-electron chi connectivity index (χ0n) is 10.7. The van der Waals surface area contributed by atoms with Gasteiger partial charge in [-0.25, -0.2) is 4.39 Å². The topological polar surface area (TPSA) is 34.1 Å². The zero-order valence-corrected chi connectivity index (χ0v) is 11.4. The Morgan fingerprint density at radius 1 is 1.37 bits per heavy atom. The largest absolute Gasteiger partial charge is 0.494 e. The molecular formula is C14H14ClFN2O. The first-order valence-electron chi connectivity index (χ1n) is 5.81. The number of benzene rings is 1. The third-order valence-corrected chi connectivity index (χ3v) is 3.14. The first kappa shape index (κ1) is 13.6. The van der Waals surface area contributed by atoms with Crippen molar-refractivity contribution in [3.05, 3.63) is 53.1 Å². The Bertz CT molecular complexity index is 577. The highest BCUT2D eigenvalue weighted by Crippen LogP contribution is 2.27. The number of nitrogens with zero attached hydrogens (tertiary/aromatic N) is 1. The van der Waals surface area contributed by atoms with E-state index in [4.69, 9.17) is 16.3 Å². The van der Waals surface area contributed by atoms with Crippen molar-refractivity contribution in [3.63, 3.8) is 0 Å². The Labute approximate surface area is 116 Å². The lowest BCUT2D eigenvalue weighted by Crippen LogP contribution is -2.07. The van der Waals surface area contributed by atoms with E-state index in [0.717, 1.165) is 11.3 Å². The fourth-order valence-corrected chi connectivity index (χ4v) is 1.91. The summed E-state index contributed by atoms with van der Waals surface area (Å²) in [6.45, 7) is 1.95. The molecule has 0 amide bonds. The molecule has 1 heterocycles. The average Bonchev–Trinajstić information content (AvgIpc) is 2.42. The maximum absolute atomic E-state index is 13.3. The number of aromatic nitrogens is 1. The summed E-state index contributed by atoms with van der Waals surface area (Å²) in [5.74, 6) is -0.152. The Kier molecular flexibility index (Phi) is 4.22. The minimum Gasteiger partial charge on any atom is -0.494 e. The van der Waals surface area contributed by atoms with Crippen LogP contribution in [0.25, 0.3) is 0 Å².